The van der Waals surface area contributed by atoms with E-state index in [1.54, 1.807) is 29.3 Å². The molecule has 1 aliphatic carbocycles. The van der Waals surface area contributed by atoms with E-state index in [1.165, 1.54) is 5.01 Å². The van der Waals surface area contributed by atoms with Crippen molar-refractivity contribution < 1.29 is 24.0 Å². The SMILES string of the molecule is O=C(CN1C(=O)c2ccccc2C1=O)NCCC(=O)N1CCCN1C(=O)C1(c2ccccc2)CC1. The van der Waals surface area contributed by atoms with Gasteiger partial charge in [0.1, 0.15) is 6.54 Å². The van der Waals surface area contributed by atoms with Gasteiger partial charge in [-0.05, 0) is 37.0 Å². The smallest absolute Gasteiger partial charge is 0.262 e. The van der Waals surface area contributed by atoms with Crippen molar-refractivity contribution in [2.45, 2.75) is 31.1 Å². The third kappa shape index (κ3) is 4.07. The summed E-state index contributed by atoms with van der Waals surface area (Å²) >= 11 is 0. The van der Waals surface area contributed by atoms with Crippen LogP contribution in [0.15, 0.2) is 54.6 Å². The van der Waals surface area contributed by atoms with Crippen molar-refractivity contribution in [3.8, 4) is 0 Å². The summed E-state index contributed by atoms with van der Waals surface area (Å²) in [5, 5.41) is 5.65. The van der Waals surface area contributed by atoms with Crippen molar-refractivity contribution in [2.24, 2.45) is 0 Å². The first kappa shape index (κ1) is 22.8. The quantitative estimate of drug-likeness (QED) is 0.612. The molecule has 1 N–H and O–H groups in total. The zero-order valence-electron chi connectivity index (χ0n) is 19.2. The number of hydrogen-bond acceptors (Lipinski definition) is 5. The lowest BCUT2D eigenvalue weighted by molar-refractivity contribution is -0.159. The Morgan fingerprint density at radius 3 is 2.06 bits per heavy atom. The minimum Gasteiger partial charge on any atom is -0.354 e. The van der Waals surface area contributed by atoms with Gasteiger partial charge in [0, 0.05) is 26.1 Å². The van der Waals surface area contributed by atoms with Crippen LogP contribution in [0.25, 0.3) is 0 Å². The molecule has 2 heterocycles. The Bertz CT molecular complexity index is 1170. The topological polar surface area (TPSA) is 107 Å². The molecule has 3 aliphatic rings. The van der Waals surface area contributed by atoms with Crippen LogP contribution in [0.1, 0.15) is 52.0 Å². The molecule has 2 fully saturated rings. The predicted octanol–water partition coefficient (Wildman–Crippen LogP) is 1.50. The van der Waals surface area contributed by atoms with Gasteiger partial charge < -0.3 is 5.32 Å². The van der Waals surface area contributed by atoms with Crippen LogP contribution in [-0.2, 0) is 19.8 Å². The fourth-order valence-electron chi connectivity index (χ4n) is 4.86. The summed E-state index contributed by atoms with van der Waals surface area (Å²) in [6, 6.07) is 16.1. The predicted molar refractivity (Wildman–Crippen MR) is 125 cm³/mol. The van der Waals surface area contributed by atoms with E-state index >= 15 is 0 Å². The second kappa shape index (κ2) is 8.98. The first-order valence-electron chi connectivity index (χ1n) is 11.8. The maximum absolute atomic E-state index is 13.4. The Morgan fingerprint density at radius 2 is 1.43 bits per heavy atom. The van der Waals surface area contributed by atoms with E-state index in [0.717, 1.165) is 23.3 Å². The molecule has 9 heteroatoms. The Hall–Kier alpha value is -4.01. The summed E-state index contributed by atoms with van der Waals surface area (Å²) in [4.78, 5) is 64.4. The third-order valence-corrected chi connectivity index (χ3v) is 6.88. The normalized spacial score (nSPS) is 18.0. The first-order valence-corrected chi connectivity index (χ1v) is 11.8. The number of carbonyl (C=O) groups is 5. The number of imide groups is 1. The van der Waals surface area contributed by atoms with Crippen molar-refractivity contribution in [2.75, 3.05) is 26.2 Å². The fraction of sp³-hybridized carbons (Fsp3) is 0.346. The van der Waals surface area contributed by atoms with Crippen LogP contribution in [-0.4, -0.2) is 70.6 Å². The van der Waals surface area contributed by atoms with Gasteiger partial charge >= 0.3 is 0 Å². The lowest BCUT2D eigenvalue weighted by Gasteiger charge is -2.31. The molecule has 0 aromatic heterocycles. The molecule has 2 aliphatic heterocycles. The molecule has 0 unspecified atom stereocenters. The van der Waals surface area contributed by atoms with Crippen molar-refractivity contribution in [1.82, 2.24) is 20.2 Å². The largest absolute Gasteiger partial charge is 0.354 e. The first-order chi connectivity index (χ1) is 16.9. The highest BCUT2D eigenvalue weighted by Crippen LogP contribution is 2.50. The summed E-state index contributed by atoms with van der Waals surface area (Å²) in [6.45, 7) is 0.585. The van der Waals surface area contributed by atoms with Gasteiger partial charge in [-0.3, -0.25) is 38.9 Å². The fourth-order valence-corrected chi connectivity index (χ4v) is 4.86. The molecule has 0 atom stereocenters. The summed E-state index contributed by atoms with van der Waals surface area (Å²) < 4.78 is 0. The van der Waals surface area contributed by atoms with E-state index in [2.05, 4.69) is 5.32 Å². The Morgan fingerprint density at radius 1 is 0.829 bits per heavy atom. The Balaban J connectivity index is 1.14. The Kier molecular flexibility index (Phi) is 5.84. The summed E-state index contributed by atoms with van der Waals surface area (Å²) in [5.74, 6) is -1.83. The molecular formula is C26H26N4O5. The molecular weight excluding hydrogens is 448 g/mol. The lowest BCUT2D eigenvalue weighted by atomic mass is 9.95. The molecule has 180 valence electrons. The van der Waals surface area contributed by atoms with Crippen molar-refractivity contribution in [1.29, 1.82) is 0 Å². The van der Waals surface area contributed by atoms with E-state index in [9.17, 15) is 24.0 Å². The number of hydrazine groups is 1. The average Bonchev–Trinajstić information content (AvgIpc) is 3.48. The van der Waals surface area contributed by atoms with Gasteiger partial charge in [-0.2, -0.15) is 0 Å². The lowest BCUT2D eigenvalue weighted by Crippen LogP contribution is -2.49. The van der Waals surface area contributed by atoms with Crippen LogP contribution in [0.5, 0.6) is 0 Å². The van der Waals surface area contributed by atoms with Gasteiger partial charge in [0.05, 0.1) is 16.5 Å². The number of hydrogen-bond donors (Lipinski definition) is 1. The van der Waals surface area contributed by atoms with E-state index < -0.39 is 29.7 Å². The average molecular weight is 475 g/mol. The minimum absolute atomic E-state index is 0.00990. The minimum atomic E-state index is -0.551. The van der Waals surface area contributed by atoms with Crippen LogP contribution < -0.4 is 5.32 Å². The highest BCUT2D eigenvalue weighted by molar-refractivity contribution is 6.22. The highest BCUT2D eigenvalue weighted by atomic mass is 16.2. The number of benzene rings is 2. The zero-order valence-corrected chi connectivity index (χ0v) is 19.2. The standard InChI is InChI=1S/C26H26N4O5/c31-21(17-28-23(33)19-9-4-5-10-20(19)24(28)34)27-14-11-22(32)29-15-6-16-30(29)25(35)26(12-13-26)18-7-2-1-3-8-18/h1-5,7-10H,6,11-17H2,(H,27,31). The van der Waals surface area contributed by atoms with Crippen LogP contribution in [0.2, 0.25) is 0 Å². The van der Waals surface area contributed by atoms with E-state index in [0.29, 0.717) is 19.5 Å². The highest BCUT2D eigenvalue weighted by Gasteiger charge is 2.54. The van der Waals surface area contributed by atoms with Gasteiger partial charge in [0.2, 0.25) is 11.8 Å². The van der Waals surface area contributed by atoms with E-state index in [4.69, 9.17) is 0 Å². The second-order valence-corrected chi connectivity index (χ2v) is 9.09. The van der Waals surface area contributed by atoms with Gasteiger partial charge in [-0.15, -0.1) is 0 Å². The maximum Gasteiger partial charge on any atom is 0.262 e. The van der Waals surface area contributed by atoms with Gasteiger partial charge in [-0.25, -0.2) is 0 Å². The summed E-state index contributed by atoms with van der Waals surface area (Å²) in [7, 11) is 0. The van der Waals surface area contributed by atoms with Crippen LogP contribution in [0.3, 0.4) is 0 Å². The van der Waals surface area contributed by atoms with Gasteiger partial charge in [-0.1, -0.05) is 42.5 Å². The Labute approximate surface area is 202 Å². The number of nitrogens with zero attached hydrogens (tertiary/aromatic N) is 3. The maximum atomic E-state index is 13.4. The zero-order chi connectivity index (χ0) is 24.6. The van der Waals surface area contributed by atoms with E-state index in [1.807, 2.05) is 30.3 Å². The van der Waals surface area contributed by atoms with Gasteiger partial charge in [0.25, 0.3) is 17.7 Å². The molecule has 1 saturated heterocycles. The molecule has 5 rings (SSSR count). The number of carbonyl (C=O) groups excluding carboxylic acids is 5. The van der Waals surface area contributed by atoms with E-state index in [-0.39, 0.29) is 35.9 Å². The molecule has 35 heavy (non-hydrogen) atoms. The molecule has 2 aromatic rings. The molecule has 2 aromatic carbocycles. The third-order valence-electron chi connectivity index (χ3n) is 6.88. The second-order valence-electron chi connectivity index (χ2n) is 9.09. The molecule has 0 bridgehead atoms. The van der Waals surface area contributed by atoms with Crippen molar-refractivity contribution >= 4 is 29.5 Å². The van der Waals surface area contributed by atoms with Gasteiger partial charge in [0.15, 0.2) is 0 Å². The molecule has 1 saturated carbocycles. The van der Waals surface area contributed by atoms with Crippen LogP contribution >= 0.6 is 0 Å². The van der Waals surface area contributed by atoms with Crippen LogP contribution in [0.4, 0.5) is 0 Å². The van der Waals surface area contributed by atoms with Crippen molar-refractivity contribution in [3.63, 3.8) is 0 Å². The number of nitrogens with one attached hydrogen (secondary N) is 1. The molecule has 0 radical (unpaired) electrons. The number of rotatable bonds is 7. The number of fused-ring (bicyclic) bond motifs is 1. The monoisotopic (exact) mass is 474 g/mol. The number of amides is 5. The molecule has 0 spiro atoms. The molecule has 9 nitrogen and oxygen atoms in total. The molecule has 5 amide bonds. The summed E-state index contributed by atoms with van der Waals surface area (Å²) in [6.07, 6.45) is 2.24. The van der Waals surface area contributed by atoms with Crippen LogP contribution in [0, 0.1) is 0 Å². The van der Waals surface area contributed by atoms with Crippen molar-refractivity contribution in [3.05, 3.63) is 71.3 Å². The summed E-state index contributed by atoms with van der Waals surface area (Å²) in [5.41, 5.74) is 0.987.